The van der Waals surface area contributed by atoms with E-state index in [-0.39, 0.29) is 23.7 Å². The number of aromatic nitrogens is 1. The van der Waals surface area contributed by atoms with Gasteiger partial charge in [-0.1, -0.05) is 25.5 Å². The number of hydrogen-bond acceptors (Lipinski definition) is 5. The van der Waals surface area contributed by atoms with E-state index in [1.165, 1.54) is 6.42 Å². The first-order valence-corrected chi connectivity index (χ1v) is 11.5. The fourth-order valence-corrected chi connectivity index (χ4v) is 5.39. The topological polar surface area (TPSA) is 69.7 Å². The maximum atomic E-state index is 12.1. The summed E-state index contributed by atoms with van der Waals surface area (Å²) in [6, 6.07) is 11.7. The van der Waals surface area contributed by atoms with Crippen LogP contribution < -0.4 is 14.8 Å². The van der Waals surface area contributed by atoms with Crippen molar-refractivity contribution in [3.63, 3.8) is 0 Å². The number of benzene rings is 1. The van der Waals surface area contributed by atoms with E-state index >= 15 is 0 Å². The predicted molar refractivity (Wildman–Crippen MR) is 123 cm³/mol. The molecule has 1 N–H and O–H groups in total. The summed E-state index contributed by atoms with van der Waals surface area (Å²) in [4.78, 5) is 16.4. The average molecular weight is 439 g/mol. The number of amides is 1. The largest absolute Gasteiger partial charge is 0.493 e. The second kappa shape index (κ2) is 9.49. The van der Waals surface area contributed by atoms with E-state index in [4.69, 9.17) is 14.2 Å². The molecule has 2 heterocycles. The van der Waals surface area contributed by atoms with Crippen molar-refractivity contribution in [3.8, 4) is 11.5 Å². The van der Waals surface area contributed by atoms with Crippen molar-refractivity contribution in [2.24, 2.45) is 11.8 Å². The van der Waals surface area contributed by atoms with E-state index in [0.29, 0.717) is 29.9 Å². The molecule has 1 saturated heterocycles. The number of nitrogens with zero attached hydrogens (tertiary/aromatic N) is 1. The third-order valence-corrected chi connectivity index (χ3v) is 6.94. The maximum absolute atomic E-state index is 12.1. The summed E-state index contributed by atoms with van der Waals surface area (Å²) in [5, 5.41) is 3.27. The average Bonchev–Trinajstić information content (AvgIpc) is 2.77. The molecule has 1 aliphatic heterocycles. The quantitative estimate of drug-likeness (QED) is 0.700. The van der Waals surface area contributed by atoms with Crippen molar-refractivity contribution in [2.75, 3.05) is 7.11 Å². The molecule has 6 heteroatoms. The molecule has 4 rings (SSSR count). The van der Waals surface area contributed by atoms with Gasteiger partial charge in [0.1, 0.15) is 6.61 Å². The highest BCUT2D eigenvalue weighted by atomic mass is 16.5. The molecule has 0 unspecified atom stereocenters. The van der Waals surface area contributed by atoms with Crippen LogP contribution in [0.1, 0.15) is 63.8 Å². The summed E-state index contributed by atoms with van der Waals surface area (Å²) in [5.74, 6) is 2.32. The van der Waals surface area contributed by atoms with E-state index in [1.807, 2.05) is 36.4 Å². The van der Waals surface area contributed by atoms with Crippen LogP contribution in [-0.4, -0.2) is 29.6 Å². The number of carbonyl (C=O) groups is 1. The molecule has 2 fully saturated rings. The van der Waals surface area contributed by atoms with Crippen LogP contribution in [0, 0.1) is 11.8 Å². The van der Waals surface area contributed by atoms with Crippen LogP contribution in [-0.2, 0) is 16.1 Å². The Hall–Kier alpha value is -2.60. The molecular formula is C26H34N2O4. The van der Waals surface area contributed by atoms with Crippen molar-refractivity contribution >= 4 is 5.91 Å². The van der Waals surface area contributed by atoms with Crippen LogP contribution >= 0.6 is 0 Å². The van der Waals surface area contributed by atoms with Crippen LogP contribution in [0.25, 0.3) is 0 Å². The molecular weight excluding hydrogens is 404 g/mol. The minimum Gasteiger partial charge on any atom is -0.493 e. The molecule has 1 amide bonds. The van der Waals surface area contributed by atoms with Gasteiger partial charge in [0, 0.05) is 31.0 Å². The number of ether oxygens (including phenoxy) is 3. The van der Waals surface area contributed by atoms with E-state index in [2.05, 4.69) is 24.1 Å². The van der Waals surface area contributed by atoms with Crippen LogP contribution in [0.2, 0.25) is 0 Å². The fraction of sp³-hybridized carbons (Fsp3) is 0.538. The lowest BCUT2D eigenvalue weighted by Gasteiger charge is -2.52. The molecule has 1 saturated carbocycles. The molecule has 1 aliphatic carbocycles. The third kappa shape index (κ3) is 4.90. The highest BCUT2D eigenvalue weighted by Crippen LogP contribution is 2.48. The van der Waals surface area contributed by atoms with E-state index in [0.717, 1.165) is 30.5 Å². The van der Waals surface area contributed by atoms with Gasteiger partial charge >= 0.3 is 0 Å². The zero-order valence-corrected chi connectivity index (χ0v) is 19.5. The van der Waals surface area contributed by atoms with Gasteiger partial charge in [0.25, 0.3) is 0 Å². The molecule has 2 aliphatic rings. The van der Waals surface area contributed by atoms with Crippen LogP contribution in [0.3, 0.4) is 0 Å². The van der Waals surface area contributed by atoms with E-state index in [1.54, 1.807) is 20.2 Å². The minimum absolute atomic E-state index is 0.0136. The lowest BCUT2D eigenvalue weighted by Crippen LogP contribution is -2.60. The first kappa shape index (κ1) is 22.6. The first-order valence-electron chi connectivity index (χ1n) is 11.5. The highest BCUT2D eigenvalue weighted by Gasteiger charge is 2.49. The van der Waals surface area contributed by atoms with Gasteiger partial charge in [-0.3, -0.25) is 9.78 Å². The SMILES string of the molecule is COc1ccc([C@H]2C[C@@](C)(NC(C)=O)[C@@H]3CC[C@@H](C)C[C@H]3O2)cc1OCc1ccccn1. The van der Waals surface area contributed by atoms with Crippen LogP contribution in [0.4, 0.5) is 0 Å². The Bertz CT molecular complexity index is 935. The normalized spacial score (nSPS) is 29.6. The number of rotatable bonds is 6. The number of nitrogens with one attached hydrogen (secondary N) is 1. The van der Waals surface area contributed by atoms with Crippen LogP contribution in [0.5, 0.6) is 11.5 Å². The standard InChI is InChI=1S/C26H34N2O4/c1-17-8-10-21-23(13-17)32-25(15-26(21,3)28-18(2)29)19-9-11-22(30-4)24(14-19)31-16-20-7-5-6-12-27-20/h5-7,9,11-12,14,17,21,23,25H,8,10,13,15-16H2,1-4H3,(H,28,29)/t17-,21-,23-,25-,26-/m1/s1. The molecule has 0 radical (unpaired) electrons. The molecule has 0 bridgehead atoms. The van der Waals surface area contributed by atoms with Crippen molar-refractivity contribution in [1.82, 2.24) is 10.3 Å². The fourth-order valence-electron chi connectivity index (χ4n) is 5.39. The molecule has 6 nitrogen and oxygen atoms in total. The summed E-state index contributed by atoms with van der Waals surface area (Å²) in [6.45, 7) is 6.43. The molecule has 172 valence electrons. The highest BCUT2D eigenvalue weighted by molar-refractivity contribution is 5.73. The first-order chi connectivity index (χ1) is 15.4. The van der Waals surface area contributed by atoms with Crippen molar-refractivity contribution in [3.05, 3.63) is 53.9 Å². The molecule has 5 atom stereocenters. The molecule has 0 spiro atoms. The van der Waals surface area contributed by atoms with Gasteiger partial charge in [-0.15, -0.1) is 0 Å². The van der Waals surface area contributed by atoms with E-state index < -0.39 is 0 Å². The number of methoxy groups -OCH3 is 1. The number of pyridine rings is 1. The van der Waals surface area contributed by atoms with Crippen LogP contribution in [0.15, 0.2) is 42.6 Å². The Morgan fingerprint density at radius 2 is 2.09 bits per heavy atom. The van der Waals surface area contributed by atoms with Gasteiger partial charge in [0.05, 0.1) is 25.0 Å². The maximum Gasteiger partial charge on any atom is 0.217 e. The number of fused-ring (bicyclic) bond motifs is 1. The summed E-state index contributed by atoms with van der Waals surface area (Å²) in [7, 11) is 1.64. The third-order valence-electron chi connectivity index (χ3n) is 6.94. The second-order valence-electron chi connectivity index (χ2n) is 9.51. The number of carbonyl (C=O) groups excluding carboxylic acids is 1. The summed E-state index contributed by atoms with van der Waals surface area (Å²) >= 11 is 0. The summed E-state index contributed by atoms with van der Waals surface area (Å²) in [5.41, 5.74) is 1.59. The van der Waals surface area contributed by atoms with Crippen molar-refractivity contribution < 1.29 is 19.0 Å². The Balaban J connectivity index is 1.59. The summed E-state index contributed by atoms with van der Waals surface area (Å²) in [6.07, 6.45) is 5.78. The predicted octanol–water partition coefficient (Wildman–Crippen LogP) is 4.83. The zero-order chi connectivity index (χ0) is 22.7. The Morgan fingerprint density at radius 3 is 2.81 bits per heavy atom. The lowest BCUT2D eigenvalue weighted by atomic mass is 9.66. The van der Waals surface area contributed by atoms with Gasteiger partial charge in [0.15, 0.2) is 11.5 Å². The molecule has 2 aromatic rings. The minimum atomic E-state index is -0.297. The van der Waals surface area contributed by atoms with Gasteiger partial charge in [-0.25, -0.2) is 0 Å². The molecule has 1 aromatic heterocycles. The monoisotopic (exact) mass is 438 g/mol. The Labute approximate surface area is 190 Å². The second-order valence-corrected chi connectivity index (χ2v) is 9.51. The Morgan fingerprint density at radius 1 is 1.25 bits per heavy atom. The number of hydrogen-bond donors (Lipinski definition) is 1. The van der Waals surface area contributed by atoms with Gasteiger partial charge in [-0.05, 0) is 55.5 Å². The Kier molecular flexibility index (Phi) is 6.70. The van der Waals surface area contributed by atoms with Gasteiger partial charge < -0.3 is 19.5 Å². The summed E-state index contributed by atoms with van der Waals surface area (Å²) < 4.78 is 18.3. The smallest absolute Gasteiger partial charge is 0.217 e. The van der Waals surface area contributed by atoms with Gasteiger partial charge in [0.2, 0.25) is 5.91 Å². The van der Waals surface area contributed by atoms with E-state index in [9.17, 15) is 4.79 Å². The van der Waals surface area contributed by atoms with Crippen molar-refractivity contribution in [2.45, 2.75) is 70.8 Å². The van der Waals surface area contributed by atoms with Crippen molar-refractivity contribution in [1.29, 1.82) is 0 Å². The zero-order valence-electron chi connectivity index (χ0n) is 19.5. The molecule has 1 aromatic carbocycles. The van der Waals surface area contributed by atoms with Gasteiger partial charge in [-0.2, -0.15) is 0 Å². The lowest BCUT2D eigenvalue weighted by molar-refractivity contribution is -0.153. The molecule has 32 heavy (non-hydrogen) atoms.